The van der Waals surface area contributed by atoms with Crippen molar-refractivity contribution in [2.75, 3.05) is 11.4 Å². The standard InChI is InChI=1S/C23H16ClF3N4O/c24-17-4-8-19(9-5-17)32-20-10-6-18(7-11-20)31-13-21(30-22(31)29-14-28)15-2-1-3-16(12-15)23(25,26)27/h1-12,21H,13H2,(H,29,30)/t21-/m1/s1. The third kappa shape index (κ3) is 4.79. The van der Waals surface area contributed by atoms with Crippen molar-refractivity contribution < 1.29 is 17.9 Å². The molecule has 3 aromatic rings. The molecule has 0 bridgehead atoms. The van der Waals surface area contributed by atoms with Gasteiger partial charge in [0, 0.05) is 10.7 Å². The Hall–Kier alpha value is -3.70. The van der Waals surface area contributed by atoms with Crippen LogP contribution in [0.25, 0.3) is 0 Å². The van der Waals surface area contributed by atoms with E-state index in [0.29, 0.717) is 27.8 Å². The number of nitriles is 1. The van der Waals surface area contributed by atoms with Crippen LogP contribution in [0.15, 0.2) is 77.8 Å². The van der Waals surface area contributed by atoms with Gasteiger partial charge < -0.3 is 9.64 Å². The molecule has 0 saturated carbocycles. The first-order chi connectivity index (χ1) is 15.3. The van der Waals surface area contributed by atoms with Crippen LogP contribution in [-0.2, 0) is 6.18 Å². The van der Waals surface area contributed by atoms with E-state index < -0.39 is 17.8 Å². The molecular formula is C23H16ClF3N4O. The summed E-state index contributed by atoms with van der Waals surface area (Å²) in [7, 11) is 0. The van der Waals surface area contributed by atoms with Crippen LogP contribution in [0.2, 0.25) is 5.02 Å². The summed E-state index contributed by atoms with van der Waals surface area (Å²) in [5.74, 6) is 1.49. The summed E-state index contributed by atoms with van der Waals surface area (Å²) >= 11 is 5.88. The summed E-state index contributed by atoms with van der Waals surface area (Å²) in [6.45, 7) is 0.280. The van der Waals surface area contributed by atoms with Crippen molar-refractivity contribution in [3.8, 4) is 17.7 Å². The molecule has 0 unspecified atom stereocenters. The van der Waals surface area contributed by atoms with Gasteiger partial charge in [0.2, 0.25) is 5.96 Å². The lowest BCUT2D eigenvalue weighted by atomic mass is 10.0. The van der Waals surface area contributed by atoms with Gasteiger partial charge in [0.05, 0.1) is 18.2 Å². The zero-order chi connectivity index (χ0) is 22.7. The average Bonchev–Trinajstić information content (AvgIpc) is 3.20. The average molecular weight is 457 g/mol. The Morgan fingerprint density at radius 2 is 1.69 bits per heavy atom. The van der Waals surface area contributed by atoms with Gasteiger partial charge in [-0.25, -0.2) is 4.99 Å². The van der Waals surface area contributed by atoms with E-state index in [2.05, 4.69) is 10.3 Å². The number of halogens is 4. The second-order valence-electron chi connectivity index (χ2n) is 6.99. The molecule has 5 nitrogen and oxygen atoms in total. The quantitative estimate of drug-likeness (QED) is 0.378. The van der Waals surface area contributed by atoms with Gasteiger partial charge in [-0.05, 0) is 66.2 Å². The highest BCUT2D eigenvalue weighted by Gasteiger charge is 2.33. The molecule has 0 radical (unpaired) electrons. The largest absolute Gasteiger partial charge is 0.457 e. The fourth-order valence-corrected chi connectivity index (χ4v) is 3.46. The van der Waals surface area contributed by atoms with Gasteiger partial charge >= 0.3 is 6.18 Å². The molecule has 3 aromatic carbocycles. The Morgan fingerprint density at radius 3 is 2.31 bits per heavy atom. The molecule has 1 heterocycles. The molecular weight excluding hydrogens is 441 g/mol. The number of guanidine groups is 1. The van der Waals surface area contributed by atoms with Gasteiger partial charge in [-0.1, -0.05) is 23.7 Å². The second kappa shape index (κ2) is 8.81. The number of aliphatic imine (C=N–C) groups is 1. The maximum absolute atomic E-state index is 13.1. The number of anilines is 1. The van der Waals surface area contributed by atoms with Crippen LogP contribution >= 0.6 is 11.6 Å². The van der Waals surface area contributed by atoms with E-state index in [1.807, 2.05) is 6.19 Å². The zero-order valence-corrected chi connectivity index (χ0v) is 17.2. The Balaban J connectivity index is 1.54. The number of ether oxygens (including phenoxy) is 1. The van der Waals surface area contributed by atoms with E-state index in [9.17, 15) is 13.2 Å². The van der Waals surface area contributed by atoms with Crippen LogP contribution in [-0.4, -0.2) is 12.5 Å². The van der Waals surface area contributed by atoms with Crippen LogP contribution < -0.4 is 15.0 Å². The molecule has 1 aliphatic rings. The first-order valence-electron chi connectivity index (χ1n) is 9.54. The summed E-state index contributed by atoms with van der Waals surface area (Å²) in [4.78, 5) is 6.16. The first-order valence-corrected chi connectivity index (χ1v) is 9.92. The third-order valence-electron chi connectivity index (χ3n) is 4.85. The molecule has 0 fully saturated rings. The first kappa shape index (κ1) is 21.5. The minimum absolute atomic E-state index is 0.265. The topological polar surface area (TPSA) is 60.7 Å². The SMILES string of the molecule is N#CNC1=N[C@@H](c2cccc(C(F)(F)F)c2)CN1c1ccc(Oc2ccc(Cl)cc2)cc1. The molecule has 4 rings (SSSR count). The van der Waals surface area contributed by atoms with Crippen molar-refractivity contribution in [3.63, 3.8) is 0 Å². The normalized spacial score (nSPS) is 15.8. The molecule has 1 N–H and O–H groups in total. The number of hydrogen-bond acceptors (Lipinski definition) is 5. The van der Waals surface area contributed by atoms with Crippen LogP contribution in [0.1, 0.15) is 17.2 Å². The minimum atomic E-state index is -4.44. The second-order valence-corrected chi connectivity index (χ2v) is 7.43. The molecule has 9 heteroatoms. The van der Waals surface area contributed by atoms with Gasteiger partial charge in [0.25, 0.3) is 0 Å². The molecule has 162 valence electrons. The van der Waals surface area contributed by atoms with Crippen LogP contribution in [0, 0.1) is 11.5 Å². The van der Waals surface area contributed by atoms with Gasteiger partial charge in [0.15, 0.2) is 6.19 Å². The maximum atomic E-state index is 13.1. The van der Waals surface area contributed by atoms with E-state index in [0.717, 1.165) is 12.1 Å². The van der Waals surface area contributed by atoms with E-state index in [-0.39, 0.29) is 12.5 Å². The van der Waals surface area contributed by atoms with Crippen LogP contribution in [0.5, 0.6) is 11.5 Å². The number of benzene rings is 3. The fraction of sp³-hybridized carbons (Fsp3) is 0.130. The summed E-state index contributed by atoms with van der Waals surface area (Å²) in [5.41, 5.74) is 0.397. The molecule has 0 aromatic heterocycles. The van der Waals surface area contributed by atoms with Crippen molar-refractivity contribution in [2.24, 2.45) is 4.99 Å². The predicted molar refractivity (Wildman–Crippen MR) is 116 cm³/mol. The highest BCUT2D eigenvalue weighted by atomic mass is 35.5. The molecule has 0 aliphatic carbocycles. The van der Waals surface area contributed by atoms with E-state index in [1.54, 1.807) is 59.5 Å². The van der Waals surface area contributed by atoms with E-state index >= 15 is 0 Å². The number of nitrogens with one attached hydrogen (secondary N) is 1. The summed E-state index contributed by atoms with van der Waals surface area (Å²) in [6, 6.07) is 18.5. The lowest BCUT2D eigenvalue weighted by Crippen LogP contribution is -2.36. The highest BCUT2D eigenvalue weighted by molar-refractivity contribution is 6.30. The molecule has 0 spiro atoms. The van der Waals surface area contributed by atoms with Crippen molar-refractivity contribution in [1.29, 1.82) is 5.26 Å². The fourth-order valence-electron chi connectivity index (χ4n) is 3.33. The predicted octanol–water partition coefficient (Wildman–Crippen LogP) is 6.14. The summed E-state index contributed by atoms with van der Waals surface area (Å²) < 4.78 is 45.0. The monoisotopic (exact) mass is 456 g/mol. The van der Waals surface area contributed by atoms with Crippen molar-refractivity contribution in [3.05, 3.63) is 88.9 Å². The van der Waals surface area contributed by atoms with Gasteiger partial charge in [-0.2, -0.15) is 18.4 Å². The molecule has 0 saturated heterocycles. The number of rotatable bonds is 4. The summed E-state index contributed by atoms with van der Waals surface area (Å²) in [5, 5.41) is 12.2. The van der Waals surface area contributed by atoms with Gasteiger partial charge in [-0.3, -0.25) is 5.32 Å². The summed E-state index contributed by atoms with van der Waals surface area (Å²) in [6.07, 6.45) is -2.61. The van der Waals surface area contributed by atoms with Gasteiger partial charge in [0.1, 0.15) is 11.5 Å². The van der Waals surface area contributed by atoms with Crippen molar-refractivity contribution >= 4 is 23.2 Å². The molecule has 0 amide bonds. The van der Waals surface area contributed by atoms with E-state index in [4.69, 9.17) is 21.6 Å². The Labute approximate surface area is 187 Å². The minimum Gasteiger partial charge on any atom is -0.457 e. The Morgan fingerprint density at radius 1 is 1.03 bits per heavy atom. The number of hydrogen-bond donors (Lipinski definition) is 1. The smallest absolute Gasteiger partial charge is 0.416 e. The maximum Gasteiger partial charge on any atom is 0.416 e. The highest BCUT2D eigenvalue weighted by Crippen LogP contribution is 2.34. The third-order valence-corrected chi connectivity index (χ3v) is 5.11. The molecule has 1 aliphatic heterocycles. The van der Waals surface area contributed by atoms with Crippen molar-refractivity contribution in [1.82, 2.24) is 5.32 Å². The Kier molecular flexibility index (Phi) is 5.93. The Bertz CT molecular complexity index is 1170. The number of alkyl halides is 3. The molecule has 32 heavy (non-hydrogen) atoms. The number of nitrogens with zero attached hydrogens (tertiary/aromatic N) is 3. The van der Waals surface area contributed by atoms with Gasteiger partial charge in [-0.15, -0.1) is 0 Å². The zero-order valence-electron chi connectivity index (χ0n) is 16.5. The molecule has 1 atom stereocenters. The van der Waals surface area contributed by atoms with Crippen LogP contribution in [0.4, 0.5) is 18.9 Å². The van der Waals surface area contributed by atoms with Crippen molar-refractivity contribution in [2.45, 2.75) is 12.2 Å². The van der Waals surface area contributed by atoms with E-state index in [1.165, 1.54) is 6.07 Å². The lowest BCUT2D eigenvalue weighted by molar-refractivity contribution is -0.137. The lowest BCUT2D eigenvalue weighted by Gasteiger charge is -2.20. The van der Waals surface area contributed by atoms with Crippen LogP contribution in [0.3, 0.4) is 0 Å².